The van der Waals surface area contributed by atoms with Crippen molar-refractivity contribution in [3.05, 3.63) is 170 Å². The summed E-state index contributed by atoms with van der Waals surface area (Å²) in [5.74, 6) is -1.05. The van der Waals surface area contributed by atoms with Crippen molar-refractivity contribution in [3.63, 3.8) is 0 Å². The Morgan fingerprint density at radius 1 is 0.263 bits per heavy atom. The molecule has 0 rings (SSSR count). The summed E-state index contributed by atoms with van der Waals surface area (Å²) < 4.78 is 16.8. The van der Waals surface area contributed by atoms with E-state index in [1.165, 1.54) is 83.5 Å². The van der Waals surface area contributed by atoms with Crippen LogP contribution in [-0.4, -0.2) is 37.2 Å². The molecule has 0 aliphatic carbocycles. The summed E-state index contributed by atoms with van der Waals surface area (Å²) in [6.45, 7) is 6.31. The zero-order valence-electron chi connectivity index (χ0n) is 51.3. The highest BCUT2D eigenvalue weighted by Crippen LogP contribution is 2.14. The summed E-state index contributed by atoms with van der Waals surface area (Å²) >= 11 is 0. The number of carbonyl (C=O) groups is 3. The van der Waals surface area contributed by atoms with Crippen molar-refractivity contribution in [1.29, 1.82) is 0 Å². The highest BCUT2D eigenvalue weighted by atomic mass is 16.6. The molecular weight excluding hydrogens is 985 g/mol. The van der Waals surface area contributed by atoms with Gasteiger partial charge in [-0.2, -0.15) is 0 Å². The Hall–Kier alpha value is -5.23. The lowest BCUT2D eigenvalue weighted by molar-refractivity contribution is -0.166. The van der Waals surface area contributed by atoms with Gasteiger partial charge in [0.05, 0.1) is 0 Å². The van der Waals surface area contributed by atoms with Crippen LogP contribution in [0.1, 0.15) is 258 Å². The molecule has 0 aromatic heterocycles. The Morgan fingerprint density at radius 2 is 0.512 bits per heavy atom. The zero-order valence-corrected chi connectivity index (χ0v) is 51.3. The minimum absolute atomic E-state index is 0.126. The summed E-state index contributed by atoms with van der Waals surface area (Å²) in [6.07, 6.45) is 98.1. The van der Waals surface area contributed by atoms with Crippen LogP contribution < -0.4 is 0 Å². The molecule has 0 bridgehead atoms. The van der Waals surface area contributed by atoms with Crippen molar-refractivity contribution in [2.24, 2.45) is 0 Å². The van der Waals surface area contributed by atoms with Gasteiger partial charge in [-0.05, 0) is 141 Å². The van der Waals surface area contributed by atoms with Crippen molar-refractivity contribution in [2.45, 2.75) is 264 Å². The van der Waals surface area contributed by atoms with E-state index < -0.39 is 6.10 Å². The van der Waals surface area contributed by atoms with Crippen molar-refractivity contribution in [2.75, 3.05) is 13.2 Å². The van der Waals surface area contributed by atoms with Crippen LogP contribution in [0.4, 0.5) is 0 Å². The van der Waals surface area contributed by atoms with Gasteiger partial charge in [-0.3, -0.25) is 14.4 Å². The quantitative estimate of drug-likeness (QED) is 0.0261. The fourth-order valence-electron chi connectivity index (χ4n) is 8.21. The first-order valence-electron chi connectivity index (χ1n) is 32.1. The largest absolute Gasteiger partial charge is 0.462 e. The number of esters is 3. The Balaban J connectivity index is 4.45. The summed E-state index contributed by atoms with van der Waals surface area (Å²) in [5, 5.41) is 0. The third-order valence-corrected chi connectivity index (χ3v) is 12.9. The van der Waals surface area contributed by atoms with Crippen LogP contribution in [0.2, 0.25) is 0 Å². The lowest BCUT2D eigenvalue weighted by Crippen LogP contribution is -2.30. The summed E-state index contributed by atoms with van der Waals surface area (Å²) in [4.78, 5) is 38.2. The third-order valence-electron chi connectivity index (χ3n) is 12.9. The molecule has 0 saturated heterocycles. The predicted octanol–water partition coefficient (Wildman–Crippen LogP) is 22.3. The van der Waals surface area contributed by atoms with E-state index in [9.17, 15) is 14.4 Å². The molecule has 80 heavy (non-hydrogen) atoms. The van der Waals surface area contributed by atoms with Gasteiger partial charge in [0.15, 0.2) is 6.10 Å². The SMILES string of the molecule is CC/C=C\C/C=C\C/C=C\C/C=C\C/C=C\C/C=C\C/C=C\C/C=C\C/C=C\CCCCCC(=O)OCC(COC(=O)CC/C=C\C/C=C\C/C=C\C/C=C\CC)OC(=O)CCCCCCCCC/C=C\CCCCCCCCC. The average molecular weight is 1100 g/mol. The van der Waals surface area contributed by atoms with Gasteiger partial charge in [0.2, 0.25) is 0 Å². The molecule has 0 radical (unpaired) electrons. The number of allylic oxidation sites excluding steroid dienone is 28. The Morgan fingerprint density at radius 3 is 0.863 bits per heavy atom. The molecule has 0 N–H and O–H groups in total. The van der Waals surface area contributed by atoms with Crippen LogP contribution in [0.3, 0.4) is 0 Å². The molecule has 0 fully saturated rings. The molecule has 448 valence electrons. The molecule has 1 atom stereocenters. The number of ether oxygens (including phenoxy) is 3. The lowest BCUT2D eigenvalue weighted by atomic mass is 10.1. The molecule has 0 heterocycles. The first-order valence-corrected chi connectivity index (χ1v) is 32.1. The lowest BCUT2D eigenvalue weighted by Gasteiger charge is -2.18. The third kappa shape index (κ3) is 63.6. The van der Waals surface area contributed by atoms with Gasteiger partial charge >= 0.3 is 17.9 Å². The van der Waals surface area contributed by atoms with Crippen LogP contribution in [0, 0.1) is 0 Å². The molecule has 0 aliphatic rings. The van der Waals surface area contributed by atoms with Crippen LogP contribution >= 0.6 is 0 Å². The maximum atomic E-state index is 12.9. The first-order chi connectivity index (χ1) is 39.5. The van der Waals surface area contributed by atoms with E-state index in [2.05, 4.69) is 179 Å². The normalized spacial score (nSPS) is 13.3. The molecule has 0 aliphatic heterocycles. The van der Waals surface area contributed by atoms with E-state index in [1.807, 2.05) is 12.2 Å². The second-order valence-corrected chi connectivity index (χ2v) is 20.5. The zero-order chi connectivity index (χ0) is 57.8. The Kier molecular flexibility index (Phi) is 61.9. The predicted molar refractivity (Wildman–Crippen MR) is 348 cm³/mol. The Labute approximate surface area is 492 Å². The summed E-state index contributed by atoms with van der Waals surface area (Å²) in [5.41, 5.74) is 0. The van der Waals surface area contributed by atoms with Gasteiger partial charge in [-0.25, -0.2) is 0 Å². The fourth-order valence-corrected chi connectivity index (χ4v) is 8.21. The monoisotopic (exact) mass is 1100 g/mol. The number of unbranched alkanes of at least 4 members (excludes halogenated alkanes) is 17. The van der Waals surface area contributed by atoms with Crippen molar-refractivity contribution in [1.82, 2.24) is 0 Å². The second-order valence-electron chi connectivity index (χ2n) is 20.5. The highest BCUT2D eigenvalue weighted by Gasteiger charge is 2.19. The maximum absolute atomic E-state index is 12.9. The van der Waals surface area contributed by atoms with Crippen molar-refractivity contribution < 1.29 is 28.6 Å². The highest BCUT2D eigenvalue weighted by molar-refractivity contribution is 5.71. The standard InChI is InChI=1S/C74H116O6/c1-4-7-10-13-16-19-22-25-27-29-31-32-33-34-35-36-37-38-39-40-41-42-43-45-46-49-52-55-58-61-64-67-73(76)79-70-71(69-78-72(75)66-63-60-57-54-51-48-24-21-18-15-12-9-6-3)80-74(77)68-65-62-59-56-53-50-47-44-30-28-26-23-20-17-14-11-8-5-2/h7,9-10,12,16,18-19,21,25,27-28,30-32,34-35,37-38,40-41,43,45,48-49,51-52,57,60,71H,4-6,8,11,13-15,17,20,22-24,26,29,33,36,39,42,44,46-47,50,53-56,58-59,61-70H2,1-3H3/b10-7-,12-9-,19-16-,21-18-,27-25-,30-28-,32-31-,35-34-,38-37-,41-40-,45-43-,51-48-,52-49-,60-57-. The van der Waals surface area contributed by atoms with Gasteiger partial charge in [0, 0.05) is 19.3 Å². The summed E-state index contributed by atoms with van der Waals surface area (Å²) in [6, 6.07) is 0. The van der Waals surface area contributed by atoms with Gasteiger partial charge in [-0.15, -0.1) is 0 Å². The van der Waals surface area contributed by atoms with E-state index in [0.717, 1.165) is 128 Å². The molecule has 6 heteroatoms. The number of hydrogen-bond donors (Lipinski definition) is 0. The van der Waals surface area contributed by atoms with Gasteiger partial charge < -0.3 is 14.2 Å². The van der Waals surface area contributed by atoms with Crippen molar-refractivity contribution >= 4 is 17.9 Å². The molecule has 6 nitrogen and oxygen atoms in total. The van der Waals surface area contributed by atoms with E-state index in [0.29, 0.717) is 19.3 Å². The number of carbonyl (C=O) groups excluding carboxylic acids is 3. The number of hydrogen-bond acceptors (Lipinski definition) is 6. The summed E-state index contributed by atoms with van der Waals surface area (Å²) in [7, 11) is 0. The molecular formula is C74H116O6. The molecule has 0 aromatic rings. The molecule has 0 amide bonds. The van der Waals surface area contributed by atoms with E-state index in [4.69, 9.17) is 14.2 Å². The van der Waals surface area contributed by atoms with Crippen LogP contribution in [0.25, 0.3) is 0 Å². The van der Waals surface area contributed by atoms with Gasteiger partial charge in [0.25, 0.3) is 0 Å². The fraction of sp³-hybridized carbons (Fsp3) is 0.581. The Bertz CT molecular complexity index is 1840. The average Bonchev–Trinajstić information content (AvgIpc) is 3.46. The van der Waals surface area contributed by atoms with Crippen LogP contribution in [-0.2, 0) is 28.6 Å². The van der Waals surface area contributed by atoms with Gasteiger partial charge in [-0.1, -0.05) is 268 Å². The smallest absolute Gasteiger partial charge is 0.306 e. The molecule has 0 aromatic carbocycles. The maximum Gasteiger partial charge on any atom is 0.306 e. The van der Waals surface area contributed by atoms with Crippen molar-refractivity contribution in [3.8, 4) is 0 Å². The molecule has 0 spiro atoms. The first kappa shape index (κ1) is 74.8. The topological polar surface area (TPSA) is 78.9 Å². The van der Waals surface area contributed by atoms with Gasteiger partial charge in [0.1, 0.15) is 13.2 Å². The number of rotatable bonds is 56. The van der Waals surface area contributed by atoms with E-state index >= 15 is 0 Å². The minimum Gasteiger partial charge on any atom is -0.462 e. The van der Waals surface area contributed by atoms with Crippen LogP contribution in [0.5, 0.6) is 0 Å². The van der Waals surface area contributed by atoms with E-state index in [-0.39, 0.29) is 37.5 Å². The van der Waals surface area contributed by atoms with E-state index in [1.54, 1.807) is 0 Å². The second kappa shape index (κ2) is 66.3. The minimum atomic E-state index is -0.832. The molecule has 0 saturated carbocycles. The molecule has 1 unspecified atom stereocenters. The van der Waals surface area contributed by atoms with Crippen LogP contribution in [0.15, 0.2) is 170 Å².